The summed E-state index contributed by atoms with van der Waals surface area (Å²) in [6.07, 6.45) is 5.72. The Morgan fingerprint density at radius 2 is 1.96 bits per heavy atom. The van der Waals surface area contributed by atoms with Crippen molar-refractivity contribution in [1.82, 2.24) is 20.0 Å². The molecule has 0 saturated carbocycles. The molecular weight excluding hydrogens is 356 g/mol. The molecule has 28 heavy (non-hydrogen) atoms. The van der Waals surface area contributed by atoms with Crippen LogP contribution < -0.4 is 4.74 Å². The van der Waals surface area contributed by atoms with E-state index in [4.69, 9.17) is 9.26 Å². The molecule has 0 fully saturated rings. The largest absolute Gasteiger partial charge is 0.497 e. The molecule has 2 aromatic heterocycles. The summed E-state index contributed by atoms with van der Waals surface area (Å²) in [5.41, 5.74) is 1.85. The number of amides is 1. The number of aryl methyl sites for hydroxylation is 1. The highest BCUT2D eigenvalue weighted by Gasteiger charge is 2.15. The lowest BCUT2D eigenvalue weighted by Crippen LogP contribution is -2.30. The minimum absolute atomic E-state index is 0.000575. The van der Waals surface area contributed by atoms with E-state index < -0.39 is 0 Å². The van der Waals surface area contributed by atoms with Crippen LogP contribution in [0.5, 0.6) is 5.75 Å². The monoisotopic (exact) mass is 378 g/mol. The maximum Gasteiger partial charge on any atom is 0.227 e. The number of pyridine rings is 1. The van der Waals surface area contributed by atoms with E-state index in [1.807, 2.05) is 24.3 Å². The number of aromatic nitrogens is 3. The van der Waals surface area contributed by atoms with Crippen LogP contribution in [0, 0.1) is 0 Å². The van der Waals surface area contributed by atoms with Gasteiger partial charge in [-0.1, -0.05) is 23.4 Å². The van der Waals surface area contributed by atoms with Crippen molar-refractivity contribution in [2.75, 3.05) is 13.7 Å². The second-order valence-electron chi connectivity index (χ2n) is 6.16. The molecular formula is C21H22N4O3. The van der Waals surface area contributed by atoms with E-state index in [-0.39, 0.29) is 12.3 Å². The van der Waals surface area contributed by atoms with Gasteiger partial charge in [0.2, 0.25) is 17.6 Å². The Labute approximate surface area is 163 Å². The highest BCUT2D eigenvalue weighted by Crippen LogP contribution is 2.16. The Morgan fingerprint density at radius 3 is 2.64 bits per heavy atom. The highest BCUT2D eigenvalue weighted by molar-refractivity contribution is 5.76. The zero-order chi connectivity index (χ0) is 19.8. The number of hydrogen-bond donors (Lipinski definition) is 0. The van der Waals surface area contributed by atoms with E-state index in [0.29, 0.717) is 31.2 Å². The second-order valence-corrected chi connectivity index (χ2v) is 6.16. The molecule has 0 spiro atoms. The molecule has 1 amide bonds. The summed E-state index contributed by atoms with van der Waals surface area (Å²) in [6.45, 7) is 4.72. The van der Waals surface area contributed by atoms with Crippen LogP contribution in [0.3, 0.4) is 0 Å². The summed E-state index contributed by atoms with van der Waals surface area (Å²) in [6, 6.07) is 11.3. The van der Waals surface area contributed by atoms with Crippen molar-refractivity contribution in [3.05, 3.63) is 72.9 Å². The molecule has 3 rings (SSSR count). The van der Waals surface area contributed by atoms with Crippen molar-refractivity contribution >= 4 is 5.91 Å². The molecule has 0 bridgehead atoms. The summed E-state index contributed by atoms with van der Waals surface area (Å²) in [7, 11) is 1.63. The predicted octanol–water partition coefficient (Wildman–Crippen LogP) is 3.29. The summed E-state index contributed by atoms with van der Waals surface area (Å²) < 4.78 is 10.4. The van der Waals surface area contributed by atoms with Gasteiger partial charge in [0.15, 0.2) is 0 Å². The van der Waals surface area contributed by atoms with Crippen molar-refractivity contribution in [2.45, 2.75) is 19.4 Å². The third-order valence-electron chi connectivity index (χ3n) is 4.19. The van der Waals surface area contributed by atoms with Gasteiger partial charge in [-0.05, 0) is 29.8 Å². The molecule has 144 valence electrons. The second kappa shape index (κ2) is 9.45. The van der Waals surface area contributed by atoms with Gasteiger partial charge in [0.05, 0.1) is 7.11 Å². The minimum Gasteiger partial charge on any atom is -0.497 e. The topological polar surface area (TPSA) is 81.4 Å². The molecule has 0 radical (unpaired) electrons. The number of nitrogens with zero attached hydrogens (tertiary/aromatic N) is 4. The van der Waals surface area contributed by atoms with Crippen LogP contribution in [0.2, 0.25) is 0 Å². The fraction of sp³-hybridized carbons (Fsp3) is 0.238. The van der Waals surface area contributed by atoms with Gasteiger partial charge in [-0.15, -0.1) is 6.58 Å². The highest BCUT2D eigenvalue weighted by atomic mass is 16.5. The van der Waals surface area contributed by atoms with Crippen molar-refractivity contribution in [3.8, 4) is 17.1 Å². The van der Waals surface area contributed by atoms with Gasteiger partial charge < -0.3 is 14.2 Å². The predicted molar refractivity (Wildman–Crippen MR) is 104 cm³/mol. The molecule has 2 heterocycles. The lowest BCUT2D eigenvalue weighted by molar-refractivity contribution is -0.131. The maximum absolute atomic E-state index is 12.7. The molecule has 0 N–H and O–H groups in total. The molecule has 0 aliphatic carbocycles. The fourth-order valence-electron chi connectivity index (χ4n) is 2.71. The average Bonchev–Trinajstić information content (AvgIpc) is 3.22. The van der Waals surface area contributed by atoms with Gasteiger partial charge in [-0.2, -0.15) is 4.98 Å². The molecule has 0 aliphatic heterocycles. The minimum atomic E-state index is -0.000575. The van der Waals surface area contributed by atoms with Crippen molar-refractivity contribution in [2.24, 2.45) is 0 Å². The number of carbonyl (C=O) groups excluding carboxylic acids is 1. The summed E-state index contributed by atoms with van der Waals surface area (Å²) >= 11 is 0. The molecule has 0 aliphatic rings. The molecule has 0 unspecified atom stereocenters. The Hall–Kier alpha value is -3.48. The van der Waals surface area contributed by atoms with Gasteiger partial charge >= 0.3 is 0 Å². The molecule has 0 atom stereocenters. The van der Waals surface area contributed by atoms with Gasteiger partial charge in [-0.25, -0.2) is 0 Å². The number of benzene rings is 1. The Balaban J connectivity index is 1.59. The first kappa shape index (κ1) is 19.3. The van der Waals surface area contributed by atoms with Crippen LogP contribution in [0.25, 0.3) is 11.4 Å². The van der Waals surface area contributed by atoms with Crippen LogP contribution in [-0.4, -0.2) is 39.6 Å². The quantitative estimate of drug-likeness (QED) is 0.532. The van der Waals surface area contributed by atoms with Gasteiger partial charge in [-0.3, -0.25) is 9.78 Å². The number of hydrogen-bond acceptors (Lipinski definition) is 6. The molecule has 0 saturated heterocycles. The smallest absolute Gasteiger partial charge is 0.227 e. The lowest BCUT2D eigenvalue weighted by atomic mass is 10.2. The Morgan fingerprint density at radius 1 is 1.21 bits per heavy atom. The van der Waals surface area contributed by atoms with Gasteiger partial charge in [0, 0.05) is 43.9 Å². The first-order valence-electron chi connectivity index (χ1n) is 8.94. The maximum atomic E-state index is 12.7. The van der Waals surface area contributed by atoms with E-state index in [2.05, 4.69) is 21.7 Å². The van der Waals surface area contributed by atoms with Gasteiger partial charge in [0.1, 0.15) is 5.75 Å². The zero-order valence-electron chi connectivity index (χ0n) is 15.7. The molecule has 7 nitrogen and oxygen atoms in total. The number of methoxy groups -OCH3 is 1. The van der Waals surface area contributed by atoms with Crippen LogP contribution in [0.15, 0.2) is 66.0 Å². The van der Waals surface area contributed by atoms with Crippen molar-refractivity contribution in [3.63, 3.8) is 0 Å². The first-order chi connectivity index (χ1) is 13.7. The van der Waals surface area contributed by atoms with Crippen LogP contribution in [0.4, 0.5) is 0 Å². The number of rotatable bonds is 9. The standard InChI is InChI=1S/C21H22N4O3/c1-3-14-25(15-16-4-6-18(27-2)7-5-16)20(26)9-8-19-23-21(24-28-19)17-10-12-22-13-11-17/h3-7,10-13H,1,8-9,14-15H2,2H3. The third kappa shape index (κ3) is 5.03. The van der Waals surface area contributed by atoms with E-state index in [1.54, 1.807) is 42.6 Å². The van der Waals surface area contributed by atoms with Crippen LogP contribution in [0.1, 0.15) is 17.9 Å². The fourth-order valence-corrected chi connectivity index (χ4v) is 2.71. The average molecular weight is 378 g/mol. The number of carbonyl (C=O) groups is 1. The van der Waals surface area contributed by atoms with Gasteiger partial charge in [0.25, 0.3) is 0 Å². The third-order valence-corrected chi connectivity index (χ3v) is 4.19. The van der Waals surface area contributed by atoms with Crippen molar-refractivity contribution < 1.29 is 14.1 Å². The molecule has 3 aromatic rings. The summed E-state index contributed by atoms with van der Waals surface area (Å²) in [5.74, 6) is 1.71. The molecule has 1 aromatic carbocycles. The summed E-state index contributed by atoms with van der Waals surface area (Å²) in [5, 5.41) is 3.96. The van der Waals surface area contributed by atoms with E-state index in [9.17, 15) is 4.79 Å². The van der Waals surface area contributed by atoms with E-state index >= 15 is 0 Å². The van der Waals surface area contributed by atoms with E-state index in [0.717, 1.165) is 16.9 Å². The van der Waals surface area contributed by atoms with E-state index in [1.165, 1.54) is 0 Å². The lowest BCUT2D eigenvalue weighted by Gasteiger charge is -2.21. The zero-order valence-corrected chi connectivity index (χ0v) is 15.7. The Kier molecular flexibility index (Phi) is 6.51. The Bertz CT molecular complexity index is 907. The van der Waals surface area contributed by atoms with Crippen LogP contribution in [-0.2, 0) is 17.8 Å². The van der Waals surface area contributed by atoms with Crippen molar-refractivity contribution in [1.29, 1.82) is 0 Å². The normalized spacial score (nSPS) is 10.5. The van der Waals surface area contributed by atoms with Crippen LogP contribution >= 0.6 is 0 Å². The SMILES string of the molecule is C=CCN(Cc1ccc(OC)cc1)C(=O)CCc1nc(-c2ccncc2)no1. The first-order valence-corrected chi connectivity index (χ1v) is 8.94. The number of ether oxygens (including phenoxy) is 1. The summed E-state index contributed by atoms with van der Waals surface area (Å²) in [4.78, 5) is 22.7. The molecule has 7 heteroatoms.